The molecular weight excluding hydrogens is 383 g/mol. The van der Waals surface area contributed by atoms with Crippen LogP contribution in [-0.2, 0) is 11.3 Å². The summed E-state index contributed by atoms with van der Waals surface area (Å²) in [4.78, 5) is 14.7. The van der Waals surface area contributed by atoms with E-state index < -0.39 is 0 Å². The maximum atomic E-state index is 12.4. The predicted octanol–water partition coefficient (Wildman–Crippen LogP) is 4.73. The Hall–Kier alpha value is -1.30. The molecule has 1 aliphatic heterocycles. The average Bonchev–Trinajstić information content (AvgIpc) is 2.61. The van der Waals surface area contributed by atoms with Crippen LogP contribution in [0.5, 0.6) is 0 Å². The Morgan fingerprint density at radius 1 is 1.00 bits per heavy atom. The molecule has 1 fully saturated rings. The number of nitrogens with one attached hydrogen (secondary N) is 1. The number of nitrogens with zero attached hydrogens (tertiary/aromatic N) is 1. The molecule has 1 heterocycles. The van der Waals surface area contributed by atoms with Crippen LogP contribution in [0.4, 0.5) is 5.69 Å². The van der Waals surface area contributed by atoms with E-state index in [2.05, 4.69) is 10.2 Å². The van der Waals surface area contributed by atoms with Crippen molar-refractivity contribution in [2.24, 2.45) is 0 Å². The van der Waals surface area contributed by atoms with Crippen LogP contribution in [0.15, 0.2) is 36.4 Å². The summed E-state index contributed by atoms with van der Waals surface area (Å²) in [6, 6.07) is 10.6. The molecule has 3 rings (SSSR count). The quantitative estimate of drug-likeness (QED) is 0.756. The second-order valence-corrected chi connectivity index (χ2v) is 7.01. The fourth-order valence-electron chi connectivity index (χ4n) is 2.59. The van der Waals surface area contributed by atoms with Crippen molar-refractivity contribution in [1.82, 2.24) is 4.90 Å². The normalized spacial score (nSPS) is 15.2. The lowest BCUT2D eigenvalue weighted by molar-refractivity contribution is 0.0342. The van der Waals surface area contributed by atoms with Crippen molar-refractivity contribution >= 4 is 46.4 Å². The van der Waals surface area contributed by atoms with E-state index >= 15 is 0 Å². The first-order valence-electron chi connectivity index (χ1n) is 7.88. The lowest BCUT2D eigenvalue weighted by atomic mass is 10.1. The van der Waals surface area contributed by atoms with Gasteiger partial charge in [0.25, 0.3) is 5.91 Å². The largest absolute Gasteiger partial charge is 0.379 e. The van der Waals surface area contributed by atoms with Crippen LogP contribution in [0.25, 0.3) is 0 Å². The number of carbonyl (C=O) groups is 1. The van der Waals surface area contributed by atoms with E-state index in [1.165, 1.54) is 12.1 Å². The molecule has 0 radical (unpaired) electrons. The minimum atomic E-state index is -0.252. The van der Waals surface area contributed by atoms with Gasteiger partial charge in [-0.25, -0.2) is 0 Å². The molecule has 0 saturated carbocycles. The van der Waals surface area contributed by atoms with Gasteiger partial charge in [0, 0.05) is 25.2 Å². The van der Waals surface area contributed by atoms with E-state index in [9.17, 15) is 4.79 Å². The zero-order valence-electron chi connectivity index (χ0n) is 13.4. The van der Waals surface area contributed by atoms with E-state index in [0.29, 0.717) is 26.3 Å². The van der Waals surface area contributed by atoms with Gasteiger partial charge in [0.2, 0.25) is 0 Å². The zero-order chi connectivity index (χ0) is 17.8. The van der Waals surface area contributed by atoms with Crippen LogP contribution in [-0.4, -0.2) is 37.1 Å². The summed E-state index contributed by atoms with van der Waals surface area (Å²) in [6.45, 7) is 4.25. The number of rotatable bonds is 4. The summed E-state index contributed by atoms with van der Waals surface area (Å²) in [5.74, 6) is -0.252. The van der Waals surface area contributed by atoms with Gasteiger partial charge in [-0.3, -0.25) is 9.69 Å². The molecule has 7 heteroatoms. The smallest absolute Gasteiger partial charge is 0.255 e. The first-order chi connectivity index (χ1) is 12.0. The van der Waals surface area contributed by atoms with Gasteiger partial charge in [-0.2, -0.15) is 0 Å². The van der Waals surface area contributed by atoms with Crippen LogP contribution >= 0.6 is 34.8 Å². The van der Waals surface area contributed by atoms with Crippen molar-refractivity contribution in [2.75, 3.05) is 31.6 Å². The highest BCUT2D eigenvalue weighted by atomic mass is 35.5. The first kappa shape index (κ1) is 18.5. The third-order valence-corrected chi connectivity index (χ3v) is 5.02. The second-order valence-electron chi connectivity index (χ2n) is 5.79. The molecule has 25 heavy (non-hydrogen) atoms. The Kier molecular flexibility index (Phi) is 6.20. The van der Waals surface area contributed by atoms with Gasteiger partial charge >= 0.3 is 0 Å². The van der Waals surface area contributed by atoms with Crippen LogP contribution in [0, 0.1) is 0 Å². The van der Waals surface area contributed by atoms with Crippen LogP contribution in [0.1, 0.15) is 15.9 Å². The van der Waals surface area contributed by atoms with Gasteiger partial charge in [0.1, 0.15) is 0 Å². The molecule has 0 atom stereocenters. The number of carbonyl (C=O) groups excluding carboxylic acids is 1. The Morgan fingerprint density at radius 2 is 1.64 bits per heavy atom. The zero-order valence-corrected chi connectivity index (χ0v) is 15.7. The lowest BCUT2D eigenvalue weighted by Crippen LogP contribution is -2.35. The Balaban J connectivity index is 1.65. The summed E-state index contributed by atoms with van der Waals surface area (Å²) < 4.78 is 5.35. The van der Waals surface area contributed by atoms with Gasteiger partial charge in [-0.1, -0.05) is 46.9 Å². The molecule has 1 saturated heterocycles. The second kappa shape index (κ2) is 8.39. The van der Waals surface area contributed by atoms with Crippen molar-refractivity contribution in [3.63, 3.8) is 0 Å². The van der Waals surface area contributed by atoms with E-state index in [-0.39, 0.29) is 5.91 Å². The monoisotopic (exact) mass is 398 g/mol. The lowest BCUT2D eigenvalue weighted by Gasteiger charge is -2.26. The molecule has 132 valence electrons. The molecule has 0 spiro atoms. The summed E-state index contributed by atoms with van der Waals surface area (Å²) in [7, 11) is 0. The summed E-state index contributed by atoms with van der Waals surface area (Å²) in [5.41, 5.74) is 2.14. The molecule has 2 aromatic carbocycles. The average molecular weight is 400 g/mol. The standard InChI is InChI=1S/C18H17Cl3N2O2/c19-14-9-16(21)17(10-15(14)20)22-18(24)13-3-1-12(2-4-13)11-23-5-7-25-8-6-23/h1-4,9-10H,5-8,11H2,(H,22,24). The van der Waals surface area contributed by atoms with Crippen molar-refractivity contribution < 1.29 is 9.53 Å². The van der Waals surface area contributed by atoms with Crippen molar-refractivity contribution in [2.45, 2.75) is 6.54 Å². The number of anilines is 1. The summed E-state index contributed by atoms with van der Waals surface area (Å²) >= 11 is 18.0. The van der Waals surface area contributed by atoms with Crippen LogP contribution in [0.2, 0.25) is 15.1 Å². The van der Waals surface area contributed by atoms with E-state index in [1.807, 2.05) is 12.1 Å². The molecule has 1 amide bonds. The van der Waals surface area contributed by atoms with Gasteiger partial charge < -0.3 is 10.1 Å². The fraction of sp³-hybridized carbons (Fsp3) is 0.278. The summed E-state index contributed by atoms with van der Waals surface area (Å²) in [6.07, 6.45) is 0. The SMILES string of the molecule is O=C(Nc1cc(Cl)c(Cl)cc1Cl)c1ccc(CN2CCOCC2)cc1. The van der Waals surface area contributed by atoms with Gasteiger partial charge in [-0.15, -0.1) is 0 Å². The number of benzene rings is 2. The first-order valence-corrected chi connectivity index (χ1v) is 9.01. The van der Waals surface area contributed by atoms with Gasteiger partial charge in [-0.05, 0) is 29.8 Å². The third-order valence-electron chi connectivity index (χ3n) is 3.98. The molecule has 1 N–H and O–H groups in total. The third kappa shape index (κ3) is 4.87. The maximum Gasteiger partial charge on any atom is 0.255 e. The Morgan fingerprint density at radius 3 is 2.32 bits per heavy atom. The highest BCUT2D eigenvalue weighted by Crippen LogP contribution is 2.32. The number of halogens is 3. The summed E-state index contributed by atoms with van der Waals surface area (Å²) in [5, 5.41) is 3.77. The topological polar surface area (TPSA) is 41.6 Å². The fourth-order valence-corrected chi connectivity index (χ4v) is 3.19. The molecular formula is C18H17Cl3N2O2. The van der Waals surface area contributed by atoms with Crippen molar-refractivity contribution in [1.29, 1.82) is 0 Å². The van der Waals surface area contributed by atoms with E-state index in [1.54, 1.807) is 12.1 Å². The molecule has 0 unspecified atom stereocenters. The Bertz CT molecular complexity index is 760. The van der Waals surface area contributed by atoms with Crippen molar-refractivity contribution in [3.8, 4) is 0 Å². The van der Waals surface area contributed by atoms with Crippen molar-refractivity contribution in [3.05, 3.63) is 62.6 Å². The van der Waals surface area contributed by atoms with E-state index in [4.69, 9.17) is 39.5 Å². The van der Waals surface area contributed by atoms with Gasteiger partial charge in [0.15, 0.2) is 0 Å². The molecule has 0 aliphatic carbocycles. The van der Waals surface area contributed by atoms with Crippen LogP contribution < -0.4 is 5.32 Å². The number of amides is 1. The number of morpholine rings is 1. The highest BCUT2D eigenvalue weighted by Gasteiger charge is 2.13. The highest BCUT2D eigenvalue weighted by molar-refractivity contribution is 6.44. The van der Waals surface area contributed by atoms with Crippen LogP contribution in [0.3, 0.4) is 0 Å². The molecule has 4 nitrogen and oxygen atoms in total. The Labute approximate surface area is 161 Å². The molecule has 2 aromatic rings. The molecule has 0 aromatic heterocycles. The molecule has 1 aliphatic rings. The van der Waals surface area contributed by atoms with E-state index in [0.717, 1.165) is 38.4 Å². The predicted molar refractivity (Wildman–Crippen MR) is 102 cm³/mol. The maximum absolute atomic E-state index is 12.4. The molecule has 0 bridgehead atoms. The minimum absolute atomic E-state index is 0.252. The number of hydrogen-bond donors (Lipinski definition) is 1. The minimum Gasteiger partial charge on any atom is -0.379 e. The number of hydrogen-bond acceptors (Lipinski definition) is 3. The number of ether oxygens (including phenoxy) is 1. The van der Waals surface area contributed by atoms with Gasteiger partial charge in [0.05, 0.1) is 34.0 Å².